The van der Waals surface area contributed by atoms with Gasteiger partial charge in [-0.2, -0.15) is 0 Å². The fraction of sp³-hybridized carbons (Fsp3) is 0.294. The van der Waals surface area contributed by atoms with Crippen molar-refractivity contribution < 1.29 is 9.47 Å². The molecule has 2 aromatic rings. The van der Waals surface area contributed by atoms with Gasteiger partial charge in [0.15, 0.2) is 11.5 Å². The van der Waals surface area contributed by atoms with Crippen molar-refractivity contribution in [3.63, 3.8) is 0 Å². The van der Waals surface area contributed by atoms with E-state index in [1.54, 1.807) is 20.3 Å². The van der Waals surface area contributed by atoms with E-state index in [4.69, 9.17) is 21.1 Å². The highest BCUT2D eigenvalue weighted by atomic mass is 79.9. The van der Waals surface area contributed by atoms with Crippen LogP contribution >= 0.6 is 27.5 Å². The van der Waals surface area contributed by atoms with Crippen LogP contribution < -0.4 is 9.47 Å². The van der Waals surface area contributed by atoms with Crippen molar-refractivity contribution in [3.05, 3.63) is 58.1 Å². The second-order valence-corrected chi connectivity index (χ2v) is 5.97. The van der Waals surface area contributed by atoms with Crippen LogP contribution in [-0.2, 0) is 6.42 Å². The zero-order valence-electron chi connectivity index (χ0n) is 12.3. The van der Waals surface area contributed by atoms with Crippen molar-refractivity contribution in [1.29, 1.82) is 0 Å². The molecule has 112 valence electrons. The van der Waals surface area contributed by atoms with E-state index in [1.165, 1.54) is 11.1 Å². The average Bonchev–Trinajstić information content (AvgIpc) is 2.53. The van der Waals surface area contributed by atoms with Crippen molar-refractivity contribution >= 4 is 27.5 Å². The highest BCUT2D eigenvalue weighted by Crippen LogP contribution is 2.42. The second kappa shape index (κ2) is 7.19. The first kappa shape index (κ1) is 16.2. The van der Waals surface area contributed by atoms with Crippen LogP contribution in [0.1, 0.15) is 28.4 Å². The van der Waals surface area contributed by atoms with E-state index in [-0.39, 0.29) is 4.83 Å². The Morgan fingerprint density at radius 3 is 2.29 bits per heavy atom. The predicted molar refractivity (Wildman–Crippen MR) is 91.1 cm³/mol. The quantitative estimate of drug-likeness (QED) is 0.657. The number of rotatable bonds is 5. The fourth-order valence-corrected chi connectivity index (χ4v) is 3.56. The van der Waals surface area contributed by atoms with Gasteiger partial charge in [0.05, 0.1) is 19.0 Å². The van der Waals surface area contributed by atoms with Gasteiger partial charge < -0.3 is 9.47 Å². The molecule has 0 radical (unpaired) electrons. The molecule has 0 aliphatic heterocycles. The molecular formula is C17H18BrClO2. The monoisotopic (exact) mass is 368 g/mol. The van der Waals surface area contributed by atoms with Gasteiger partial charge in [-0.25, -0.2) is 0 Å². The van der Waals surface area contributed by atoms with Crippen molar-refractivity contribution in [2.24, 2.45) is 0 Å². The van der Waals surface area contributed by atoms with E-state index in [0.717, 1.165) is 12.0 Å². The molecule has 0 saturated carbocycles. The first-order chi connectivity index (χ1) is 10.1. The normalized spacial score (nSPS) is 12.0. The van der Waals surface area contributed by atoms with Crippen LogP contribution in [0, 0.1) is 0 Å². The molecule has 0 aliphatic carbocycles. The Hall–Kier alpha value is -1.19. The Morgan fingerprint density at radius 1 is 1.05 bits per heavy atom. The van der Waals surface area contributed by atoms with Gasteiger partial charge >= 0.3 is 0 Å². The SMILES string of the molecule is CCc1ccccc1C(Br)c1cc(OC)c(OC)cc1Cl. The third-order valence-electron chi connectivity index (χ3n) is 3.48. The van der Waals surface area contributed by atoms with Crippen LogP contribution in [0.25, 0.3) is 0 Å². The Labute approximate surface area is 139 Å². The maximum atomic E-state index is 6.41. The lowest BCUT2D eigenvalue weighted by Gasteiger charge is -2.18. The molecule has 0 N–H and O–H groups in total. The first-order valence-electron chi connectivity index (χ1n) is 6.75. The van der Waals surface area contributed by atoms with Gasteiger partial charge in [-0.3, -0.25) is 0 Å². The third kappa shape index (κ3) is 3.35. The molecule has 0 aromatic heterocycles. The molecule has 2 aromatic carbocycles. The van der Waals surface area contributed by atoms with E-state index < -0.39 is 0 Å². The molecule has 0 saturated heterocycles. The Balaban J connectivity index is 2.50. The van der Waals surface area contributed by atoms with Crippen LogP contribution in [0.15, 0.2) is 36.4 Å². The van der Waals surface area contributed by atoms with Crippen LogP contribution in [0.2, 0.25) is 5.02 Å². The lowest BCUT2D eigenvalue weighted by atomic mass is 9.98. The number of ether oxygens (including phenoxy) is 2. The van der Waals surface area contributed by atoms with E-state index in [1.807, 2.05) is 12.1 Å². The zero-order chi connectivity index (χ0) is 15.4. The van der Waals surface area contributed by atoms with E-state index in [2.05, 4.69) is 41.1 Å². The maximum Gasteiger partial charge on any atom is 0.162 e. The lowest BCUT2D eigenvalue weighted by Crippen LogP contribution is -2.00. The molecule has 0 fully saturated rings. The molecule has 1 unspecified atom stereocenters. The Bertz CT molecular complexity index is 628. The Kier molecular flexibility index (Phi) is 5.54. The van der Waals surface area contributed by atoms with Crippen molar-refractivity contribution in [2.75, 3.05) is 14.2 Å². The number of benzene rings is 2. The molecule has 21 heavy (non-hydrogen) atoms. The van der Waals surface area contributed by atoms with Crippen molar-refractivity contribution in [1.82, 2.24) is 0 Å². The summed E-state index contributed by atoms with van der Waals surface area (Å²) < 4.78 is 10.6. The van der Waals surface area contributed by atoms with E-state index in [0.29, 0.717) is 16.5 Å². The van der Waals surface area contributed by atoms with Gasteiger partial charge in [0, 0.05) is 11.1 Å². The summed E-state index contributed by atoms with van der Waals surface area (Å²) in [5.74, 6) is 1.31. The van der Waals surface area contributed by atoms with Gasteiger partial charge in [-0.1, -0.05) is 58.7 Å². The largest absolute Gasteiger partial charge is 0.493 e. The van der Waals surface area contributed by atoms with Crippen molar-refractivity contribution in [2.45, 2.75) is 18.2 Å². The van der Waals surface area contributed by atoms with E-state index in [9.17, 15) is 0 Å². The van der Waals surface area contributed by atoms with Crippen molar-refractivity contribution in [3.8, 4) is 11.5 Å². The summed E-state index contributed by atoms with van der Waals surface area (Å²) in [6.07, 6.45) is 0.975. The molecule has 0 spiro atoms. The molecular weight excluding hydrogens is 352 g/mol. The van der Waals surface area contributed by atoms with Crippen LogP contribution in [-0.4, -0.2) is 14.2 Å². The van der Waals surface area contributed by atoms with E-state index >= 15 is 0 Å². The molecule has 0 aliphatic rings. The van der Waals surface area contributed by atoms with Crippen LogP contribution in [0.4, 0.5) is 0 Å². The minimum atomic E-state index is 0.0148. The fourth-order valence-electron chi connectivity index (χ4n) is 2.34. The average molecular weight is 370 g/mol. The highest BCUT2D eigenvalue weighted by molar-refractivity contribution is 9.09. The second-order valence-electron chi connectivity index (χ2n) is 4.64. The molecule has 1 atom stereocenters. The summed E-state index contributed by atoms with van der Waals surface area (Å²) in [5.41, 5.74) is 3.48. The summed E-state index contributed by atoms with van der Waals surface area (Å²) in [7, 11) is 3.23. The molecule has 2 nitrogen and oxygen atoms in total. The minimum Gasteiger partial charge on any atom is -0.493 e. The summed E-state index contributed by atoms with van der Waals surface area (Å²) in [6.45, 7) is 2.15. The lowest BCUT2D eigenvalue weighted by molar-refractivity contribution is 0.354. The van der Waals surface area contributed by atoms with Gasteiger partial charge in [0.25, 0.3) is 0 Å². The molecule has 0 amide bonds. The smallest absolute Gasteiger partial charge is 0.162 e. The Morgan fingerprint density at radius 2 is 1.67 bits per heavy atom. The topological polar surface area (TPSA) is 18.5 Å². The molecule has 4 heteroatoms. The van der Waals surface area contributed by atoms with Crippen LogP contribution in [0.5, 0.6) is 11.5 Å². The predicted octanol–water partition coefficient (Wildman–Crippen LogP) is 5.40. The molecule has 0 heterocycles. The summed E-state index contributed by atoms with van der Waals surface area (Å²) in [5, 5.41) is 0.653. The third-order valence-corrected chi connectivity index (χ3v) is 4.80. The van der Waals surface area contributed by atoms with Crippen LogP contribution in [0.3, 0.4) is 0 Å². The summed E-state index contributed by atoms with van der Waals surface area (Å²) in [6, 6.07) is 12.1. The summed E-state index contributed by atoms with van der Waals surface area (Å²) in [4.78, 5) is 0.0148. The molecule has 0 bridgehead atoms. The maximum absolute atomic E-state index is 6.41. The van der Waals surface area contributed by atoms with Gasteiger partial charge in [-0.05, 0) is 29.2 Å². The minimum absolute atomic E-state index is 0.0148. The standard InChI is InChI=1S/C17H18BrClO2/c1-4-11-7-5-6-8-12(11)17(18)13-9-15(20-2)16(21-3)10-14(13)19/h5-10,17H,4H2,1-3H3. The summed E-state index contributed by atoms with van der Waals surface area (Å²) >= 11 is 10.2. The number of hydrogen-bond acceptors (Lipinski definition) is 2. The van der Waals surface area contributed by atoms with Gasteiger partial charge in [0.1, 0.15) is 0 Å². The zero-order valence-corrected chi connectivity index (χ0v) is 14.7. The number of aryl methyl sites for hydroxylation is 1. The first-order valence-corrected chi connectivity index (χ1v) is 8.05. The number of hydrogen-bond donors (Lipinski definition) is 0. The number of methoxy groups -OCH3 is 2. The number of halogens is 2. The molecule has 2 rings (SSSR count). The number of alkyl halides is 1. The highest BCUT2D eigenvalue weighted by Gasteiger charge is 2.19. The van der Waals surface area contributed by atoms with Gasteiger partial charge in [0.2, 0.25) is 0 Å². The van der Waals surface area contributed by atoms with Gasteiger partial charge in [-0.15, -0.1) is 0 Å².